The van der Waals surface area contributed by atoms with Gasteiger partial charge in [0.2, 0.25) is 0 Å². The molecule has 11 heavy (non-hydrogen) atoms. The lowest BCUT2D eigenvalue weighted by Crippen LogP contribution is -1.98. The van der Waals surface area contributed by atoms with Crippen molar-refractivity contribution in [2.24, 2.45) is 0 Å². The van der Waals surface area contributed by atoms with Gasteiger partial charge in [-0.05, 0) is 18.1 Å². The Labute approximate surface area is 65.5 Å². The summed E-state index contributed by atoms with van der Waals surface area (Å²) in [6, 6.07) is 7.14. The van der Waals surface area contributed by atoms with E-state index in [0.717, 1.165) is 5.56 Å². The van der Waals surface area contributed by atoms with E-state index in [2.05, 4.69) is 0 Å². The van der Waals surface area contributed by atoms with Gasteiger partial charge in [-0.1, -0.05) is 24.3 Å². The van der Waals surface area contributed by atoms with E-state index in [4.69, 9.17) is 5.11 Å². The van der Waals surface area contributed by atoms with Crippen molar-refractivity contribution in [2.75, 3.05) is 6.61 Å². The molecule has 0 radical (unpaired) electrons. The Balaban J connectivity index is 2.93. The molecule has 1 aromatic rings. The second-order valence-electron chi connectivity index (χ2n) is 2.51. The Morgan fingerprint density at radius 1 is 1.45 bits per heavy atom. The van der Waals surface area contributed by atoms with E-state index in [1.54, 1.807) is 12.1 Å². The fraction of sp³-hybridized carbons (Fsp3) is 0.333. The third-order valence-corrected chi connectivity index (χ3v) is 1.69. The Bertz CT molecular complexity index is 235. The van der Waals surface area contributed by atoms with E-state index in [1.807, 2.05) is 19.1 Å². The molecule has 1 aromatic carbocycles. The molecule has 0 saturated carbocycles. The van der Waals surface area contributed by atoms with Gasteiger partial charge in [0.05, 0.1) is 6.61 Å². The van der Waals surface area contributed by atoms with Crippen LogP contribution in [0.3, 0.4) is 0 Å². The molecule has 0 aliphatic rings. The average molecular weight is 154 g/mol. The maximum Gasteiger partial charge on any atom is 0.148 e. The molecule has 1 N–H and O–H groups in total. The van der Waals surface area contributed by atoms with E-state index < -0.39 is 12.8 Å². The lowest BCUT2D eigenvalue weighted by molar-refractivity contribution is 0.179. The summed E-state index contributed by atoms with van der Waals surface area (Å²) in [4.78, 5) is 0. The fourth-order valence-electron chi connectivity index (χ4n) is 1.04. The summed E-state index contributed by atoms with van der Waals surface area (Å²) in [5.74, 6) is 0. The number of halogens is 1. The second kappa shape index (κ2) is 3.49. The van der Waals surface area contributed by atoms with Crippen LogP contribution in [0.1, 0.15) is 17.3 Å². The first-order valence-corrected chi connectivity index (χ1v) is 3.56. The van der Waals surface area contributed by atoms with E-state index in [-0.39, 0.29) is 0 Å². The molecule has 1 atom stereocenters. The van der Waals surface area contributed by atoms with Crippen molar-refractivity contribution in [2.45, 2.75) is 13.1 Å². The molecule has 0 aliphatic carbocycles. The number of aryl methyl sites for hydroxylation is 1. The molecular formula is C9H11FO. The first kappa shape index (κ1) is 8.21. The van der Waals surface area contributed by atoms with Crippen molar-refractivity contribution in [1.29, 1.82) is 0 Å². The minimum absolute atomic E-state index is 0.440. The number of aliphatic hydroxyl groups is 1. The van der Waals surface area contributed by atoms with Gasteiger partial charge in [0.25, 0.3) is 0 Å². The maximum absolute atomic E-state index is 12.9. The van der Waals surface area contributed by atoms with Crippen molar-refractivity contribution < 1.29 is 9.50 Å². The number of rotatable bonds is 2. The zero-order chi connectivity index (χ0) is 8.27. The Hall–Kier alpha value is -0.890. The van der Waals surface area contributed by atoms with Crippen LogP contribution >= 0.6 is 0 Å². The highest BCUT2D eigenvalue weighted by Crippen LogP contribution is 2.19. The van der Waals surface area contributed by atoms with E-state index in [9.17, 15) is 4.39 Å². The van der Waals surface area contributed by atoms with Crippen molar-refractivity contribution in [3.63, 3.8) is 0 Å². The lowest BCUT2D eigenvalue weighted by Gasteiger charge is -2.07. The highest BCUT2D eigenvalue weighted by atomic mass is 19.1. The molecule has 0 saturated heterocycles. The third kappa shape index (κ3) is 1.77. The van der Waals surface area contributed by atoms with Gasteiger partial charge in [0.15, 0.2) is 0 Å². The third-order valence-electron chi connectivity index (χ3n) is 1.69. The highest BCUT2D eigenvalue weighted by Gasteiger charge is 2.08. The number of hydrogen-bond donors (Lipinski definition) is 1. The van der Waals surface area contributed by atoms with E-state index >= 15 is 0 Å². The maximum atomic E-state index is 12.9. The number of alkyl halides is 1. The van der Waals surface area contributed by atoms with Gasteiger partial charge >= 0.3 is 0 Å². The van der Waals surface area contributed by atoms with Gasteiger partial charge in [0.1, 0.15) is 6.17 Å². The summed E-state index contributed by atoms with van der Waals surface area (Å²) >= 11 is 0. The SMILES string of the molecule is Cc1ccccc1C(F)CO. The zero-order valence-electron chi connectivity index (χ0n) is 6.42. The summed E-state index contributed by atoms with van der Waals surface area (Å²) in [6.45, 7) is 1.39. The van der Waals surface area contributed by atoms with Crippen LogP contribution in [0.5, 0.6) is 0 Å². The van der Waals surface area contributed by atoms with Crippen molar-refractivity contribution >= 4 is 0 Å². The summed E-state index contributed by atoms with van der Waals surface area (Å²) in [6.07, 6.45) is -1.24. The topological polar surface area (TPSA) is 20.2 Å². The molecule has 0 aromatic heterocycles. The molecule has 1 unspecified atom stereocenters. The summed E-state index contributed by atoms with van der Waals surface area (Å²) < 4.78 is 12.9. The summed E-state index contributed by atoms with van der Waals surface area (Å²) in [5.41, 5.74) is 1.46. The predicted octanol–water partition coefficient (Wildman–Crippen LogP) is 2.00. The molecule has 0 spiro atoms. The molecule has 0 fully saturated rings. The minimum atomic E-state index is -1.24. The second-order valence-corrected chi connectivity index (χ2v) is 2.51. The molecule has 0 heterocycles. The predicted molar refractivity (Wildman–Crippen MR) is 42.1 cm³/mol. The largest absolute Gasteiger partial charge is 0.393 e. The van der Waals surface area contributed by atoms with Gasteiger partial charge < -0.3 is 5.11 Å². The van der Waals surface area contributed by atoms with E-state index in [0.29, 0.717) is 5.56 Å². The van der Waals surface area contributed by atoms with Crippen LogP contribution in [-0.2, 0) is 0 Å². The normalized spacial score (nSPS) is 13.0. The highest BCUT2D eigenvalue weighted by molar-refractivity contribution is 5.27. The molecule has 0 amide bonds. The zero-order valence-corrected chi connectivity index (χ0v) is 6.42. The van der Waals surface area contributed by atoms with Crippen LogP contribution in [0, 0.1) is 6.92 Å². The van der Waals surface area contributed by atoms with Crippen LogP contribution in [0.2, 0.25) is 0 Å². The van der Waals surface area contributed by atoms with E-state index in [1.165, 1.54) is 0 Å². The van der Waals surface area contributed by atoms with Crippen molar-refractivity contribution in [3.8, 4) is 0 Å². The van der Waals surface area contributed by atoms with Gasteiger partial charge in [0, 0.05) is 0 Å². The first-order chi connectivity index (χ1) is 5.25. The standard InChI is InChI=1S/C9H11FO/c1-7-4-2-3-5-8(7)9(10)6-11/h2-5,9,11H,6H2,1H3. The van der Waals surface area contributed by atoms with Crippen LogP contribution in [0.25, 0.3) is 0 Å². The summed E-state index contributed by atoms with van der Waals surface area (Å²) in [7, 11) is 0. The Kier molecular flexibility index (Phi) is 2.60. The van der Waals surface area contributed by atoms with Gasteiger partial charge in [-0.2, -0.15) is 0 Å². The van der Waals surface area contributed by atoms with Crippen LogP contribution < -0.4 is 0 Å². The van der Waals surface area contributed by atoms with Crippen molar-refractivity contribution in [1.82, 2.24) is 0 Å². The molecule has 60 valence electrons. The molecule has 0 bridgehead atoms. The van der Waals surface area contributed by atoms with Gasteiger partial charge in [-0.15, -0.1) is 0 Å². The lowest BCUT2D eigenvalue weighted by atomic mass is 10.1. The minimum Gasteiger partial charge on any atom is -0.393 e. The molecule has 2 heteroatoms. The van der Waals surface area contributed by atoms with Gasteiger partial charge in [-0.25, -0.2) is 4.39 Å². The summed E-state index contributed by atoms with van der Waals surface area (Å²) in [5, 5.41) is 8.54. The smallest absolute Gasteiger partial charge is 0.148 e. The fourth-order valence-corrected chi connectivity index (χ4v) is 1.04. The average Bonchev–Trinajstić information content (AvgIpc) is 2.04. The number of hydrogen-bond acceptors (Lipinski definition) is 1. The first-order valence-electron chi connectivity index (χ1n) is 3.56. The molecule has 1 rings (SSSR count). The van der Waals surface area contributed by atoms with Crippen LogP contribution in [0.4, 0.5) is 4.39 Å². The monoisotopic (exact) mass is 154 g/mol. The molecular weight excluding hydrogens is 143 g/mol. The molecule has 1 nitrogen and oxygen atoms in total. The van der Waals surface area contributed by atoms with Crippen molar-refractivity contribution in [3.05, 3.63) is 35.4 Å². The van der Waals surface area contributed by atoms with Gasteiger partial charge in [-0.3, -0.25) is 0 Å². The Morgan fingerprint density at radius 2 is 2.09 bits per heavy atom. The number of benzene rings is 1. The molecule has 0 aliphatic heterocycles. The van der Waals surface area contributed by atoms with Crippen LogP contribution in [0.15, 0.2) is 24.3 Å². The quantitative estimate of drug-likeness (QED) is 0.690. The van der Waals surface area contributed by atoms with Crippen LogP contribution in [-0.4, -0.2) is 11.7 Å². The Morgan fingerprint density at radius 3 is 2.64 bits per heavy atom. The number of aliphatic hydroxyl groups excluding tert-OH is 1.